The van der Waals surface area contributed by atoms with Gasteiger partial charge in [0.15, 0.2) is 3.92 Å². The van der Waals surface area contributed by atoms with Gasteiger partial charge in [0, 0.05) is 10.5 Å². The molecular formula is C16H19BrFN3S2. The summed E-state index contributed by atoms with van der Waals surface area (Å²) in [5.41, 5.74) is 1.99. The summed E-state index contributed by atoms with van der Waals surface area (Å²) in [5.74, 6) is -0.217. The maximum absolute atomic E-state index is 13.7. The van der Waals surface area contributed by atoms with Crippen LogP contribution < -0.4 is 0 Å². The number of imidazole rings is 1. The summed E-state index contributed by atoms with van der Waals surface area (Å²) in [4.78, 5) is 5.84. The van der Waals surface area contributed by atoms with E-state index in [-0.39, 0.29) is 5.82 Å². The van der Waals surface area contributed by atoms with Gasteiger partial charge in [-0.25, -0.2) is 13.9 Å². The Hall–Kier alpha value is -0.920. The van der Waals surface area contributed by atoms with E-state index in [2.05, 4.69) is 53.7 Å². The van der Waals surface area contributed by atoms with Crippen LogP contribution in [0.1, 0.15) is 27.7 Å². The lowest BCUT2D eigenvalue weighted by Crippen LogP contribution is -1.93. The van der Waals surface area contributed by atoms with Crippen molar-refractivity contribution in [1.29, 1.82) is 0 Å². The molecule has 3 nitrogen and oxygen atoms in total. The van der Waals surface area contributed by atoms with Crippen molar-refractivity contribution in [1.82, 2.24) is 14.6 Å². The minimum atomic E-state index is -0.217. The Morgan fingerprint density at radius 2 is 1.91 bits per heavy atom. The minimum Gasteiger partial charge on any atom is -0.217 e. The maximum Gasteiger partial charge on any atom is 0.213 e. The number of benzene rings is 1. The second-order valence-corrected chi connectivity index (χ2v) is 9.64. The Morgan fingerprint density at radius 1 is 1.26 bits per heavy atom. The molecule has 0 atom stereocenters. The van der Waals surface area contributed by atoms with E-state index in [1.165, 1.54) is 29.2 Å². The Morgan fingerprint density at radius 3 is 2.43 bits per heavy atom. The molecule has 1 aromatic carbocycles. The summed E-state index contributed by atoms with van der Waals surface area (Å²) >= 11 is 6.13. The molecule has 0 aliphatic carbocycles. The summed E-state index contributed by atoms with van der Waals surface area (Å²) < 4.78 is 16.2. The second-order valence-electron chi connectivity index (χ2n) is 6.56. The van der Waals surface area contributed by atoms with Gasteiger partial charge in [0.25, 0.3) is 0 Å². The van der Waals surface area contributed by atoms with Gasteiger partial charge in [-0.15, -0.1) is 16.9 Å². The summed E-state index contributed by atoms with van der Waals surface area (Å²) in [6.07, 6.45) is 3.65. The average Bonchev–Trinajstić information content (AvgIpc) is 2.93. The normalized spacial score (nSPS) is 11.4. The molecule has 3 aromatic rings. The van der Waals surface area contributed by atoms with Crippen LogP contribution in [0.4, 0.5) is 4.39 Å². The zero-order valence-corrected chi connectivity index (χ0v) is 16.9. The van der Waals surface area contributed by atoms with Crippen LogP contribution in [0.2, 0.25) is 0 Å². The van der Waals surface area contributed by atoms with Crippen LogP contribution in [-0.4, -0.2) is 20.9 Å². The smallest absolute Gasteiger partial charge is 0.213 e. The summed E-state index contributed by atoms with van der Waals surface area (Å²) in [7, 11) is 0. The van der Waals surface area contributed by atoms with Crippen LogP contribution in [-0.2, 0) is 0 Å². The summed E-state index contributed by atoms with van der Waals surface area (Å²) in [5, 5.41) is 4.21. The molecule has 7 heteroatoms. The molecule has 0 spiro atoms. The molecule has 2 aromatic heterocycles. The molecule has 0 radical (unpaired) electrons. The average molecular weight is 416 g/mol. The van der Waals surface area contributed by atoms with Crippen LogP contribution in [0.5, 0.6) is 0 Å². The number of halogens is 2. The van der Waals surface area contributed by atoms with Crippen LogP contribution >= 0.6 is 39.0 Å². The maximum atomic E-state index is 13.7. The van der Waals surface area contributed by atoms with Crippen LogP contribution in [0.3, 0.4) is 0 Å². The third kappa shape index (κ3) is 5.29. The number of hydrogen-bond acceptors (Lipinski definition) is 4. The van der Waals surface area contributed by atoms with Crippen molar-refractivity contribution in [2.24, 2.45) is 5.41 Å². The summed E-state index contributed by atoms with van der Waals surface area (Å²) in [6.45, 7) is 8.75. The van der Waals surface area contributed by atoms with Gasteiger partial charge in [0.05, 0.1) is 11.9 Å². The molecule has 0 N–H and O–H groups in total. The molecule has 3 rings (SSSR count). The first kappa shape index (κ1) is 18.4. The molecule has 2 heterocycles. The second kappa shape index (κ2) is 7.32. The monoisotopic (exact) mass is 415 g/mol. The first-order valence-corrected chi connectivity index (χ1v) is 9.86. The van der Waals surface area contributed by atoms with Gasteiger partial charge < -0.3 is 0 Å². The number of fused-ring (bicyclic) bond motifs is 1. The van der Waals surface area contributed by atoms with E-state index in [1.807, 2.05) is 12.3 Å². The molecule has 0 saturated heterocycles. The Balaban J connectivity index is 0.000000338. The number of thioether (sulfide) groups is 1. The van der Waals surface area contributed by atoms with Crippen molar-refractivity contribution >= 4 is 44.0 Å². The van der Waals surface area contributed by atoms with Gasteiger partial charge >= 0.3 is 0 Å². The van der Waals surface area contributed by atoms with Crippen molar-refractivity contribution in [2.75, 3.05) is 6.26 Å². The highest BCUT2D eigenvalue weighted by atomic mass is 79.9. The highest BCUT2D eigenvalue weighted by Crippen LogP contribution is 2.27. The molecule has 23 heavy (non-hydrogen) atoms. The number of rotatable bonds is 2. The molecule has 124 valence electrons. The van der Waals surface area contributed by atoms with Gasteiger partial charge in [0.2, 0.25) is 4.96 Å². The van der Waals surface area contributed by atoms with Gasteiger partial charge in [-0.2, -0.15) is 0 Å². The number of aromatic nitrogens is 3. The Kier molecular flexibility index (Phi) is 5.86. The lowest BCUT2D eigenvalue weighted by Gasteiger charge is -2.05. The lowest BCUT2D eigenvalue weighted by molar-refractivity contribution is 0.469. The molecular weight excluding hydrogens is 397 g/mol. The SMILES string of the molecule is CC(C)(C)C.CSc1ccc(-c2cn3nc(Br)sc3n2)cc1F. The highest BCUT2D eigenvalue weighted by Gasteiger charge is 2.10. The van der Waals surface area contributed by atoms with E-state index >= 15 is 0 Å². The predicted molar refractivity (Wildman–Crippen MR) is 101 cm³/mol. The predicted octanol–water partition coefficient (Wildman–Crippen LogP) is 6.13. The van der Waals surface area contributed by atoms with Crippen molar-refractivity contribution in [2.45, 2.75) is 32.6 Å². The van der Waals surface area contributed by atoms with E-state index in [4.69, 9.17) is 0 Å². The van der Waals surface area contributed by atoms with E-state index in [0.29, 0.717) is 10.3 Å². The molecule has 0 amide bonds. The van der Waals surface area contributed by atoms with Crippen molar-refractivity contribution in [3.8, 4) is 11.3 Å². The number of hydrogen-bond donors (Lipinski definition) is 0. The quantitative estimate of drug-likeness (QED) is 0.471. The molecule has 0 aliphatic heterocycles. The first-order valence-electron chi connectivity index (χ1n) is 7.03. The Labute approximate surface area is 152 Å². The third-order valence-electron chi connectivity index (χ3n) is 2.47. The van der Waals surface area contributed by atoms with E-state index < -0.39 is 0 Å². The van der Waals surface area contributed by atoms with E-state index in [1.54, 1.807) is 16.8 Å². The Bertz CT molecular complexity index is 768. The molecule has 0 aliphatic rings. The molecule has 0 saturated carbocycles. The topological polar surface area (TPSA) is 30.2 Å². The highest BCUT2D eigenvalue weighted by molar-refractivity contribution is 9.11. The fourth-order valence-electron chi connectivity index (χ4n) is 1.64. The van der Waals surface area contributed by atoms with Crippen molar-refractivity contribution in [3.63, 3.8) is 0 Å². The zero-order chi connectivity index (χ0) is 17.2. The standard InChI is InChI=1S/C11H7BrFN3S2.C5H12/c1-17-9-3-2-6(4-7(9)13)8-5-16-11(14-8)18-10(12)15-16;1-5(2,3)4/h2-5H,1H3;1-4H3. The molecule has 0 unspecified atom stereocenters. The van der Waals surface area contributed by atoms with E-state index in [0.717, 1.165) is 20.1 Å². The minimum absolute atomic E-state index is 0.217. The lowest BCUT2D eigenvalue weighted by atomic mass is 10.0. The fourth-order valence-corrected chi connectivity index (χ4v) is 3.31. The van der Waals surface area contributed by atoms with Gasteiger partial charge in [-0.1, -0.05) is 45.1 Å². The molecule has 0 bridgehead atoms. The summed E-state index contributed by atoms with van der Waals surface area (Å²) in [6, 6.07) is 5.15. The fraction of sp³-hybridized carbons (Fsp3) is 0.375. The van der Waals surface area contributed by atoms with Crippen LogP contribution in [0.15, 0.2) is 33.2 Å². The van der Waals surface area contributed by atoms with E-state index in [9.17, 15) is 4.39 Å². The van der Waals surface area contributed by atoms with Crippen molar-refractivity contribution < 1.29 is 4.39 Å². The largest absolute Gasteiger partial charge is 0.217 e. The first-order chi connectivity index (χ1) is 10.7. The molecule has 0 fully saturated rings. The van der Waals surface area contributed by atoms with Crippen LogP contribution in [0, 0.1) is 11.2 Å². The third-order valence-corrected chi connectivity index (χ3v) is 4.59. The van der Waals surface area contributed by atoms with Gasteiger partial charge in [0.1, 0.15) is 5.82 Å². The van der Waals surface area contributed by atoms with Crippen molar-refractivity contribution in [3.05, 3.63) is 34.1 Å². The van der Waals surface area contributed by atoms with Gasteiger partial charge in [-0.3, -0.25) is 0 Å². The van der Waals surface area contributed by atoms with Gasteiger partial charge in [-0.05, 0) is 39.7 Å². The number of nitrogens with zero attached hydrogens (tertiary/aromatic N) is 3. The van der Waals surface area contributed by atoms with Crippen LogP contribution in [0.25, 0.3) is 16.2 Å². The zero-order valence-electron chi connectivity index (χ0n) is 13.7.